The zero-order valence-corrected chi connectivity index (χ0v) is 27.9. The van der Waals surface area contributed by atoms with Gasteiger partial charge in [0.25, 0.3) is 11.8 Å². The molecule has 4 aliphatic rings. The molecular weight excluding hydrogens is 604 g/mol. The number of nitrogens with one attached hydrogen (secondary N) is 4. The molecule has 4 N–H and O–H groups in total. The van der Waals surface area contributed by atoms with E-state index in [0.717, 1.165) is 0 Å². The number of ether oxygens (including phenoxy) is 8. The number of hydrogen-bond acceptors (Lipinski definition) is 14. The third-order valence-electron chi connectivity index (χ3n) is 7.57. The summed E-state index contributed by atoms with van der Waals surface area (Å²) in [6.07, 6.45) is -1.32. The van der Waals surface area contributed by atoms with E-state index >= 15 is 0 Å². The van der Waals surface area contributed by atoms with Gasteiger partial charge in [0.1, 0.15) is 24.4 Å². The van der Waals surface area contributed by atoms with Crippen molar-refractivity contribution < 1.29 is 47.5 Å². The molecule has 2 amide bonds. The minimum absolute atomic E-state index is 0.0198. The fraction of sp³-hybridized carbons (Fsp3) is 0.800. The van der Waals surface area contributed by atoms with Gasteiger partial charge in [0.05, 0.1) is 26.4 Å². The number of amides is 2. The van der Waals surface area contributed by atoms with Crippen molar-refractivity contribution in [2.75, 3.05) is 63.2 Å². The maximum Gasteiger partial charge on any atom is 0.273 e. The lowest BCUT2D eigenvalue weighted by Gasteiger charge is -2.21. The van der Waals surface area contributed by atoms with Crippen LogP contribution in [0.2, 0.25) is 0 Å². The maximum absolute atomic E-state index is 13.6. The normalized spacial score (nSPS) is 29.0. The van der Waals surface area contributed by atoms with Crippen LogP contribution in [0.4, 0.5) is 11.6 Å². The van der Waals surface area contributed by atoms with Crippen LogP contribution in [-0.2, 0) is 37.9 Å². The van der Waals surface area contributed by atoms with Gasteiger partial charge in [-0.15, -0.1) is 0 Å². The van der Waals surface area contributed by atoms with Crippen molar-refractivity contribution in [3.63, 3.8) is 0 Å². The van der Waals surface area contributed by atoms with E-state index in [1.54, 1.807) is 0 Å². The first-order valence-electron chi connectivity index (χ1n) is 15.7. The average molecular weight is 653 g/mol. The van der Waals surface area contributed by atoms with E-state index in [1.807, 2.05) is 55.4 Å². The van der Waals surface area contributed by atoms with Crippen LogP contribution in [0.3, 0.4) is 0 Å². The highest BCUT2D eigenvalue weighted by molar-refractivity contribution is 6.01. The van der Waals surface area contributed by atoms with Gasteiger partial charge in [-0.05, 0) is 55.4 Å². The van der Waals surface area contributed by atoms with Gasteiger partial charge in [0.15, 0.2) is 46.2 Å². The minimum Gasteiger partial charge on any atom is -0.365 e. The molecule has 0 spiro atoms. The second-order valence-electron chi connectivity index (χ2n) is 13.6. The molecule has 5 heterocycles. The fourth-order valence-corrected chi connectivity index (χ4v) is 5.45. The van der Waals surface area contributed by atoms with Crippen LogP contribution in [0.15, 0.2) is 0 Å². The Morgan fingerprint density at radius 3 is 1.09 bits per heavy atom. The topological polar surface area (TPSA) is 182 Å². The Hall–Kier alpha value is -2.70. The lowest BCUT2D eigenvalue weighted by atomic mass is 10.2. The van der Waals surface area contributed by atoms with Crippen LogP contribution in [0, 0.1) is 0 Å². The predicted octanol–water partition coefficient (Wildman–Crippen LogP) is 1.37. The molecule has 16 heteroatoms. The number of hydrogen-bond donors (Lipinski definition) is 4. The second kappa shape index (κ2) is 13.4. The molecule has 0 aromatic carbocycles. The van der Waals surface area contributed by atoms with Gasteiger partial charge in [0, 0.05) is 26.2 Å². The average Bonchev–Trinajstić information content (AvgIpc) is 3.72. The smallest absolute Gasteiger partial charge is 0.273 e. The highest BCUT2D eigenvalue weighted by atomic mass is 16.8. The molecule has 46 heavy (non-hydrogen) atoms. The molecule has 16 nitrogen and oxygen atoms in total. The summed E-state index contributed by atoms with van der Waals surface area (Å²) in [5.41, 5.74) is -0.0396. The van der Waals surface area contributed by atoms with Crippen LogP contribution in [0.25, 0.3) is 0 Å². The Bertz CT molecular complexity index is 1180. The lowest BCUT2D eigenvalue weighted by molar-refractivity contribution is -0.138. The molecule has 4 aliphatic heterocycles. The predicted molar refractivity (Wildman–Crippen MR) is 163 cm³/mol. The monoisotopic (exact) mass is 652 g/mol. The molecule has 0 bridgehead atoms. The number of carbonyl (C=O) groups excluding carboxylic acids is 2. The van der Waals surface area contributed by atoms with Crippen molar-refractivity contribution in [3.05, 3.63) is 11.4 Å². The highest BCUT2D eigenvalue weighted by Gasteiger charge is 2.37. The first-order chi connectivity index (χ1) is 21.5. The van der Waals surface area contributed by atoms with Crippen LogP contribution in [-0.4, -0.2) is 122 Å². The Kier molecular flexibility index (Phi) is 10.1. The summed E-state index contributed by atoms with van der Waals surface area (Å²) < 4.78 is 46.1. The van der Waals surface area contributed by atoms with Crippen molar-refractivity contribution in [2.45, 2.75) is 103 Å². The molecule has 0 aliphatic carbocycles. The van der Waals surface area contributed by atoms with Crippen molar-refractivity contribution in [1.29, 1.82) is 0 Å². The van der Waals surface area contributed by atoms with Gasteiger partial charge in [0.2, 0.25) is 0 Å². The summed E-state index contributed by atoms with van der Waals surface area (Å²) in [4.78, 5) is 36.5. The molecular formula is C30H48N6O10. The number of carbonyl (C=O) groups is 2. The van der Waals surface area contributed by atoms with E-state index < -0.39 is 35.0 Å². The molecule has 1 aromatic rings. The van der Waals surface area contributed by atoms with Crippen molar-refractivity contribution in [1.82, 2.24) is 20.6 Å². The molecule has 0 radical (unpaired) electrons. The van der Waals surface area contributed by atoms with E-state index in [1.165, 1.54) is 0 Å². The van der Waals surface area contributed by atoms with Gasteiger partial charge in [-0.3, -0.25) is 9.59 Å². The largest absolute Gasteiger partial charge is 0.365 e. The van der Waals surface area contributed by atoms with E-state index in [0.29, 0.717) is 26.4 Å². The second-order valence-corrected chi connectivity index (χ2v) is 13.6. The third kappa shape index (κ3) is 9.22. The van der Waals surface area contributed by atoms with E-state index in [-0.39, 0.29) is 73.6 Å². The standard InChI is InChI=1S/C30H48N6O10/c1-27(2)39-13-17(43-27)9-31-23-21(25(37)33-11-19-15-41-29(5,6)45-19)36-24(32-10-18-14-40-28(3,4)44-18)22(35-23)26(38)34-12-20-16-42-30(7,8)46-20/h17-20H,9-16H2,1-8H3,(H,31,35)(H,32,36)(H,33,37)(H,34,38)/t17-,18-,19?,20?/m0/s1. The lowest BCUT2D eigenvalue weighted by Crippen LogP contribution is -2.37. The SMILES string of the molecule is CC1(C)OCC(CNC(=O)c2nc(NC[C@H]3COC(C)(C)O3)c(C(=O)NCC3COC(C)(C)O3)nc2NC[C@H]2COC(C)(C)O2)O1. The van der Waals surface area contributed by atoms with E-state index in [9.17, 15) is 9.59 Å². The minimum atomic E-state index is -0.741. The van der Waals surface area contributed by atoms with Crippen molar-refractivity contribution in [2.24, 2.45) is 0 Å². The summed E-state index contributed by atoms with van der Waals surface area (Å²) in [6, 6.07) is 0. The van der Waals surface area contributed by atoms with Crippen LogP contribution < -0.4 is 21.3 Å². The molecule has 4 saturated heterocycles. The van der Waals surface area contributed by atoms with Gasteiger partial charge in [-0.2, -0.15) is 0 Å². The van der Waals surface area contributed by atoms with Crippen molar-refractivity contribution in [3.8, 4) is 0 Å². The summed E-state index contributed by atoms with van der Waals surface area (Å²) in [5.74, 6) is -3.77. The summed E-state index contributed by atoms with van der Waals surface area (Å²) in [5, 5.41) is 12.1. The van der Waals surface area contributed by atoms with Crippen LogP contribution in [0.1, 0.15) is 76.4 Å². The quantitative estimate of drug-likeness (QED) is 0.254. The van der Waals surface area contributed by atoms with Crippen molar-refractivity contribution >= 4 is 23.5 Å². The third-order valence-corrected chi connectivity index (χ3v) is 7.57. The first-order valence-corrected chi connectivity index (χ1v) is 15.7. The summed E-state index contributed by atoms with van der Waals surface area (Å²) >= 11 is 0. The van der Waals surface area contributed by atoms with Gasteiger partial charge in [-0.1, -0.05) is 0 Å². The zero-order valence-electron chi connectivity index (χ0n) is 27.9. The highest BCUT2D eigenvalue weighted by Crippen LogP contribution is 2.27. The van der Waals surface area contributed by atoms with E-state index in [4.69, 9.17) is 37.9 Å². The number of nitrogens with zero attached hydrogens (tertiary/aromatic N) is 2. The molecule has 4 atom stereocenters. The molecule has 4 fully saturated rings. The number of aromatic nitrogens is 2. The summed E-state index contributed by atoms with van der Waals surface area (Å²) in [6.45, 7) is 16.8. The Labute approximate surface area is 269 Å². The Morgan fingerprint density at radius 1 is 0.543 bits per heavy atom. The Morgan fingerprint density at radius 2 is 0.826 bits per heavy atom. The van der Waals surface area contributed by atoms with Crippen LogP contribution >= 0.6 is 0 Å². The summed E-state index contributed by atoms with van der Waals surface area (Å²) in [7, 11) is 0. The molecule has 5 rings (SSSR count). The van der Waals surface area contributed by atoms with Gasteiger partial charge < -0.3 is 59.2 Å². The number of anilines is 2. The molecule has 0 saturated carbocycles. The fourth-order valence-electron chi connectivity index (χ4n) is 5.45. The van der Waals surface area contributed by atoms with E-state index in [2.05, 4.69) is 31.2 Å². The number of rotatable bonds is 12. The van der Waals surface area contributed by atoms with Gasteiger partial charge in [-0.25, -0.2) is 9.97 Å². The zero-order chi connectivity index (χ0) is 33.3. The molecule has 258 valence electrons. The Balaban J connectivity index is 1.38. The molecule has 2 unspecified atom stereocenters. The van der Waals surface area contributed by atoms with Crippen LogP contribution in [0.5, 0.6) is 0 Å². The first kappa shape index (κ1) is 34.6. The molecule has 1 aromatic heterocycles. The van der Waals surface area contributed by atoms with Gasteiger partial charge >= 0.3 is 0 Å². The maximum atomic E-state index is 13.6.